The molecule has 3 N–H and O–H groups in total. The molecule has 2 atom stereocenters. The van der Waals surface area contributed by atoms with Crippen LogP contribution in [0.4, 0.5) is 5.69 Å². The van der Waals surface area contributed by atoms with Crippen LogP contribution in [-0.2, 0) is 0 Å². The summed E-state index contributed by atoms with van der Waals surface area (Å²) < 4.78 is 0. The van der Waals surface area contributed by atoms with E-state index in [1.165, 1.54) is 12.8 Å². The molecule has 0 spiro atoms. The van der Waals surface area contributed by atoms with Crippen LogP contribution in [0.5, 0.6) is 0 Å². The summed E-state index contributed by atoms with van der Waals surface area (Å²) in [6, 6.07) is 6.13. The number of anilines is 1. The molecule has 2 unspecified atom stereocenters. The fourth-order valence-electron chi connectivity index (χ4n) is 2.31. The van der Waals surface area contributed by atoms with Gasteiger partial charge in [-0.1, -0.05) is 31.4 Å². The van der Waals surface area contributed by atoms with Crippen LogP contribution >= 0.6 is 11.8 Å². The molecule has 1 aliphatic carbocycles. The molecule has 3 heteroatoms. The first-order chi connectivity index (χ1) is 8.18. The van der Waals surface area contributed by atoms with Gasteiger partial charge in [0.15, 0.2) is 0 Å². The molecule has 1 fully saturated rings. The van der Waals surface area contributed by atoms with E-state index in [-0.39, 0.29) is 6.10 Å². The summed E-state index contributed by atoms with van der Waals surface area (Å²) >= 11 is 1.75. The molecular formula is C14H21NOS. The van der Waals surface area contributed by atoms with Crippen molar-refractivity contribution in [2.75, 3.05) is 5.73 Å². The first-order valence-electron chi connectivity index (χ1n) is 6.38. The van der Waals surface area contributed by atoms with Gasteiger partial charge in [-0.3, -0.25) is 0 Å². The first kappa shape index (κ1) is 12.8. The van der Waals surface area contributed by atoms with Crippen LogP contribution in [0, 0.1) is 6.92 Å². The van der Waals surface area contributed by atoms with Crippen molar-refractivity contribution in [2.45, 2.75) is 55.3 Å². The Bertz CT molecular complexity index is 380. The van der Waals surface area contributed by atoms with Crippen molar-refractivity contribution in [2.24, 2.45) is 0 Å². The van der Waals surface area contributed by atoms with Crippen molar-refractivity contribution >= 4 is 17.4 Å². The molecule has 2 nitrogen and oxygen atoms in total. The predicted molar refractivity (Wildman–Crippen MR) is 74.3 cm³/mol. The summed E-state index contributed by atoms with van der Waals surface area (Å²) in [7, 11) is 0. The Kier molecular flexibility index (Phi) is 4.35. The van der Waals surface area contributed by atoms with Crippen LogP contribution < -0.4 is 5.73 Å². The van der Waals surface area contributed by atoms with Gasteiger partial charge < -0.3 is 10.8 Å². The average molecular weight is 251 g/mol. The molecule has 0 amide bonds. The topological polar surface area (TPSA) is 46.2 Å². The molecule has 2 rings (SSSR count). The first-order valence-corrected chi connectivity index (χ1v) is 7.26. The molecule has 0 saturated heterocycles. The third-order valence-corrected chi connectivity index (χ3v) is 4.94. The van der Waals surface area contributed by atoms with Crippen LogP contribution in [0.3, 0.4) is 0 Å². The number of nitrogen functional groups attached to an aromatic ring is 1. The maximum Gasteiger partial charge on any atom is 0.0662 e. The van der Waals surface area contributed by atoms with Gasteiger partial charge in [-0.05, 0) is 31.4 Å². The second-order valence-electron chi connectivity index (χ2n) is 4.85. The summed E-state index contributed by atoms with van der Waals surface area (Å²) in [5.74, 6) is 0. The maximum absolute atomic E-state index is 10.1. The van der Waals surface area contributed by atoms with Crippen molar-refractivity contribution in [3.05, 3.63) is 23.8 Å². The third kappa shape index (κ3) is 3.17. The van der Waals surface area contributed by atoms with E-state index >= 15 is 0 Å². The maximum atomic E-state index is 10.1. The average Bonchev–Trinajstić information content (AvgIpc) is 2.51. The lowest BCUT2D eigenvalue weighted by Gasteiger charge is -2.20. The van der Waals surface area contributed by atoms with Gasteiger partial charge in [0.25, 0.3) is 0 Å². The highest BCUT2D eigenvalue weighted by Gasteiger charge is 2.23. The quantitative estimate of drug-likeness (QED) is 0.626. The summed E-state index contributed by atoms with van der Waals surface area (Å²) in [5.41, 5.74) is 8.07. The van der Waals surface area contributed by atoms with E-state index in [1.54, 1.807) is 11.8 Å². The van der Waals surface area contributed by atoms with Crippen molar-refractivity contribution in [3.8, 4) is 0 Å². The van der Waals surface area contributed by atoms with Crippen LogP contribution in [-0.4, -0.2) is 16.5 Å². The monoisotopic (exact) mass is 251 g/mol. The van der Waals surface area contributed by atoms with Gasteiger partial charge in [-0.2, -0.15) is 0 Å². The van der Waals surface area contributed by atoms with Crippen LogP contribution in [0.2, 0.25) is 0 Å². The zero-order chi connectivity index (χ0) is 12.3. The van der Waals surface area contributed by atoms with E-state index in [1.807, 2.05) is 19.1 Å². The van der Waals surface area contributed by atoms with E-state index in [4.69, 9.17) is 5.73 Å². The van der Waals surface area contributed by atoms with Gasteiger partial charge in [0.2, 0.25) is 0 Å². The molecule has 0 aliphatic heterocycles. The summed E-state index contributed by atoms with van der Waals surface area (Å²) in [6.07, 6.45) is 5.48. The minimum atomic E-state index is -0.178. The number of rotatable bonds is 2. The number of benzene rings is 1. The van der Waals surface area contributed by atoms with E-state index in [0.717, 1.165) is 35.4 Å². The van der Waals surface area contributed by atoms with Gasteiger partial charge in [0.1, 0.15) is 0 Å². The Morgan fingerprint density at radius 3 is 2.82 bits per heavy atom. The predicted octanol–water partition coefficient (Wildman–Crippen LogP) is 3.36. The largest absolute Gasteiger partial charge is 0.398 e. The minimum Gasteiger partial charge on any atom is -0.398 e. The van der Waals surface area contributed by atoms with Crippen LogP contribution in [0.15, 0.2) is 23.1 Å². The number of nitrogens with two attached hydrogens (primary N) is 1. The Morgan fingerprint density at radius 1 is 1.24 bits per heavy atom. The van der Waals surface area contributed by atoms with E-state index in [0.29, 0.717) is 5.25 Å². The SMILES string of the molecule is Cc1cccc(SC2CCCCCC2O)c1N. The zero-order valence-corrected chi connectivity index (χ0v) is 11.2. The lowest BCUT2D eigenvalue weighted by atomic mass is 10.1. The molecule has 0 bridgehead atoms. The second kappa shape index (κ2) is 5.78. The molecule has 94 valence electrons. The van der Waals surface area contributed by atoms with E-state index < -0.39 is 0 Å². The molecule has 1 aliphatic rings. The smallest absolute Gasteiger partial charge is 0.0662 e. The minimum absolute atomic E-state index is 0.178. The lowest BCUT2D eigenvalue weighted by Crippen LogP contribution is -2.21. The number of aliphatic hydroxyl groups is 1. The molecule has 0 heterocycles. The molecule has 0 radical (unpaired) electrons. The van der Waals surface area contributed by atoms with Gasteiger partial charge in [0.05, 0.1) is 6.10 Å². The fraction of sp³-hybridized carbons (Fsp3) is 0.571. The highest BCUT2D eigenvalue weighted by atomic mass is 32.2. The number of aryl methyl sites for hydroxylation is 1. The molecule has 0 aromatic heterocycles. The van der Waals surface area contributed by atoms with Crippen molar-refractivity contribution in [1.29, 1.82) is 0 Å². The summed E-state index contributed by atoms with van der Waals surface area (Å²) in [4.78, 5) is 1.12. The number of hydrogen-bond donors (Lipinski definition) is 2. The van der Waals surface area contributed by atoms with Gasteiger partial charge in [-0.15, -0.1) is 11.8 Å². The highest BCUT2D eigenvalue weighted by Crippen LogP contribution is 2.36. The number of aliphatic hydroxyl groups excluding tert-OH is 1. The Morgan fingerprint density at radius 2 is 2.00 bits per heavy atom. The Hall–Kier alpha value is -0.670. The molecule has 1 aromatic rings. The zero-order valence-electron chi connectivity index (χ0n) is 10.4. The molecule has 17 heavy (non-hydrogen) atoms. The van der Waals surface area contributed by atoms with E-state index in [9.17, 15) is 5.11 Å². The lowest BCUT2D eigenvalue weighted by molar-refractivity contribution is 0.163. The van der Waals surface area contributed by atoms with Crippen molar-refractivity contribution in [3.63, 3.8) is 0 Å². The highest BCUT2D eigenvalue weighted by molar-refractivity contribution is 8.00. The van der Waals surface area contributed by atoms with Crippen molar-refractivity contribution < 1.29 is 5.11 Å². The molecular weight excluding hydrogens is 230 g/mol. The second-order valence-corrected chi connectivity index (χ2v) is 6.13. The summed E-state index contributed by atoms with van der Waals surface area (Å²) in [5, 5.41) is 10.4. The molecule has 1 aromatic carbocycles. The normalized spacial score (nSPS) is 25.5. The Labute approximate surface area is 108 Å². The van der Waals surface area contributed by atoms with Crippen LogP contribution in [0.25, 0.3) is 0 Å². The third-order valence-electron chi connectivity index (χ3n) is 3.48. The number of thioether (sulfide) groups is 1. The van der Waals surface area contributed by atoms with Gasteiger partial charge >= 0.3 is 0 Å². The molecule has 1 saturated carbocycles. The van der Waals surface area contributed by atoms with Gasteiger partial charge in [0, 0.05) is 15.8 Å². The summed E-state index contributed by atoms with van der Waals surface area (Å²) in [6.45, 7) is 2.03. The fourth-order valence-corrected chi connectivity index (χ4v) is 3.66. The van der Waals surface area contributed by atoms with E-state index in [2.05, 4.69) is 6.07 Å². The van der Waals surface area contributed by atoms with Crippen LogP contribution in [0.1, 0.15) is 37.7 Å². The number of para-hydroxylation sites is 1. The Balaban J connectivity index is 2.10. The standard InChI is InChI=1S/C14H21NOS/c1-10-6-5-9-13(14(10)15)17-12-8-4-2-3-7-11(12)16/h5-6,9,11-12,16H,2-4,7-8,15H2,1H3. The van der Waals surface area contributed by atoms with Gasteiger partial charge in [-0.25, -0.2) is 0 Å². The number of hydrogen-bond acceptors (Lipinski definition) is 3. The van der Waals surface area contributed by atoms with Crippen molar-refractivity contribution in [1.82, 2.24) is 0 Å².